The molecule has 134 valence electrons. The van der Waals surface area contributed by atoms with Gasteiger partial charge in [-0.1, -0.05) is 30.2 Å². The van der Waals surface area contributed by atoms with E-state index in [1.54, 1.807) is 11.9 Å². The maximum absolute atomic E-state index is 13.4. The first kappa shape index (κ1) is 16.7. The molecule has 2 saturated heterocycles. The fourth-order valence-corrected chi connectivity index (χ4v) is 4.63. The zero-order valence-corrected chi connectivity index (χ0v) is 15.2. The first-order valence-corrected chi connectivity index (χ1v) is 9.32. The average Bonchev–Trinajstić information content (AvgIpc) is 2.81. The van der Waals surface area contributed by atoms with E-state index in [4.69, 9.17) is 16.3 Å². The summed E-state index contributed by atoms with van der Waals surface area (Å²) in [5, 5.41) is 0.684. The van der Waals surface area contributed by atoms with Crippen LogP contribution in [0.1, 0.15) is 37.7 Å². The molecule has 1 aromatic rings. The van der Waals surface area contributed by atoms with Gasteiger partial charge < -0.3 is 14.5 Å². The van der Waals surface area contributed by atoms with Gasteiger partial charge in [0, 0.05) is 18.6 Å². The van der Waals surface area contributed by atoms with E-state index in [1.807, 2.05) is 29.2 Å². The zero-order chi connectivity index (χ0) is 17.7. The van der Waals surface area contributed by atoms with Crippen LogP contribution in [0.4, 0.5) is 4.79 Å². The zero-order valence-electron chi connectivity index (χ0n) is 14.5. The lowest BCUT2D eigenvalue weighted by Gasteiger charge is -2.47. The van der Waals surface area contributed by atoms with Gasteiger partial charge in [-0.2, -0.15) is 0 Å². The second-order valence-corrected chi connectivity index (χ2v) is 8.12. The van der Waals surface area contributed by atoms with Crippen molar-refractivity contribution in [1.82, 2.24) is 9.80 Å². The van der Waals surface area contributed by atoms with E-state index in [9.17, 15) is 9.59 Å². The van der Waals surface area contributed by atoms with Crippen molar-refractivity contribution < 1.29 is 14.3 Å². The Kier molecular flexibility index (Phi) is 3.95. The van der Waals surface area contributed by atoms with Crippen molar-refractivity contribution in [3.63, 3.8) is 0 Å². The highest BCUT2D eigenvalue weighted by atomic mass is 35.5. The number of carbonyl (C=O) groups excluding carboxylic acids is 2. The van der Waals surface area contributed by atoms with Gasteiger partial charge in [0.1, 0.15) is 5.60 Å². The van der Waals surface area contributed by atoms with Gasteiger partial charge in [0.05, 0.1) is 18.5 Å². The Hall–Kier alpha value is -1.75. The average molecular weight is 363 g/mol. The predicted molar refractivity (Wildman–Crippen MR) is 94.6 cm³/mol. The summed E-state index contributed by atoms with van der Waals surface area (Å²) in [6.45, 7) is 1.79. The van der Waals surface area contributed by atoms with Crippen molar-refractivity contribution >= 4 is 23.6 Å². The number of ether oxygens (including phenoxy) is 1. The molecule has 3 fully saturated rings. The fraction of sp³-hybridized carbons (Fsp3) is 0.579. The molecule has 2 aliphatic heterocycles. The summed E-state index contributed by atoms with van der Waals surface area (Å²) in [7, 11) is 1.75. The molecule has 0 N–H and O–H groups in total. The molecular formula is C19H23ClN2O3. The lowest BCUT2D eigenvalue weighted by molar-refractivity contribution is -0.146. The third kappa shape index (κ3) is 2.69. The largest absolute Gasteiger partial charge is 0.439 e. The summed E-state index contributed by atoms with van der Waals surface area (Å²) in [4.78, 5) is 28.8. The summed E-state index contributed by atoms with van der Waals surface area (Å²) in [5.41, 5.74) is 0.0794. The number of hydrogen-bond acceptors (Lipinski definition) is 3. The summed E-state index contributed by atoms with van der Waals surface area (Å²) >= 11 is 6.01. The van der Waals surface area contributed by atoms with Crippen LogP contribution in [0.15, 0.2) is 24.3 Å². The maximum atomic E-state index is 13.4. The third-order valence-electron chi connectivity index (χ3n) is 5.98. The highest BCUT2D eigenvalue weighted by molar-refractivity contribution is 6.30. The summed E-state index contributed by atoms with van der Waals surface area (Å²) in [6, 6.07) is 7.66. The van der Waals surface area contributed by atoms with Gasteiger partial charge in [0.15, 0.2) is 0 Å². The molecule has 1 aromatic carbocycles. The van der Waals surface area contributed by atoms with Gasteiger partial charge in [0.2, 0.25) is 5.91 Å². The van der Waals surface area contributed by atoms with Gasteiger partial charge >= 0.3 is 6.09 Å². The van der Waals surface area contributed by atoms with E-state index in [0.29, 0.717) is 18.1 Å². The van der Waals surface area contributed by atoms with Crippen molar-refractivity contribution in [3.05, 3.63) is 34.9 Å². The topological polar surface area (TPSA) is 49.9 Å². The van der Waals surface area contributed by atoms with Gasteiger partial charge in [-0.25, -0.2) is 4.79 Å². The number of likely N-dealkylation sites (tertiary alicyclic amines) is 1. The van der Waals surface area contributed by atoms with E-state index in [1.165, 1.54) is 0 Å². The standard InChI is InChI=1S/C19H23ClN2O3/c1-21-12-18(25-17(21)24)8-3-11-22(13-18)16(23)19(9-2-10-19)14-4-6-15(20)7-5-14/h4-7H,2-3,8-13H2,1H3/t18-/m0/s1. The SMILES string of the molecule is CN1C[C@]2(CCCN(C(=O)C3(c4ccc(Cl)cc4)CCC3)C2)OC1=O. The molecule has 0 bridgehead atoms. The van der Waals surface area contributed by atoms with E-state index in [0.717, 1.165) is 44.2 Å². The van der Waals surface area contributed by atoms with Crippen molar-refractivity contribution in [2.75, 3.05) is 26.7 Å². The van der Waals surface area contributed by atoms with Crippen LogP contribution in [0.2, 0.25) is 5.02 Å². The van der Waals surface area contributed by atoms with Crippen molar-refractivity contribution in [2.45, 2.75) is 43.1 Å². The number of piperidine rings is 1. The van der Waals surface area contributed by atoms with E-state index < -0.39 is 11.0 Å². The number of amides is 2. The Bertz CT molecular complexity index is 701. The van der Waals surface area contributed by atoms with Crippen molar-refractivity contribution in [2.24, 2.45) is 0 Å². The quantitative estimate of drug-likeness (QED) is 0.811. The van der Waals surface area contributed by atoms with Gasteiger partial charge in [0.25, 0.3) is 0 Å². The minimum absolute atomic E-state index is 0.172. The molecule has 1 spiro atoms. The molecule has 1 aliphatic carbocycles. The lowest BCUT2D eigenvalue weighted by atomic mass is 9.63. The molecule has 25 heavy (non-hydrogen) atoms. The summed E-state index contributed by atoms with van der Waals surface area (Å²) in [6.07, 6.45) is 4.20. The highest BCUT2D eigenvalue weighted by Crippen LogP contribution is 2.46. The highest BCUT2D eigenvalue weighted by Gasteiger charge is 2.52. The van der Waals surface area contributed by atoms with Crippen LogP contribution >= 0.6 is 11.6 Å². The molecule has 0 unspecified atom stereocenters. The third-order valence-corrected chi connectivity index (χ3v) is 6.23. The number of carbonyl (C=O) groups is 2. The molecule has 0 aromatic heterocycles. The molecule has 0 radical (unpaired) electrons. The molecule has 1 atom stereocenters. The Labute approximate surface area is 152 Å². The monoisotopic (exact) mass is 362 g/mol. The first-order valence-electron chi connectivity index (χ1n) is 8.94. The molecule has 4 rings (SSSR count). The van der Waals surface area contributed by atoms with E-state index in [2.05, 4.69) is 0 Å². The van der Waals surface area contributed by atoms with Crippen LogP contribution in [0.25, 0.3) is 0 Å². The normalized spacial score (nSPS) is 28.0. The minimum atomic E-state index is -0.537. The Morgan fingerprint density at radius 1 is 1.12 bits per heavy atom. The van der Waals surface area contributed by atoms with Gasteiger partial charge in [-0.15, -0.1) is 0 Å². The van der Waals surface area contributed by atoms with Crippen LogP contribution in [0, 0.1) is 0 Å². The molecule has 5 nitrogen and oxygen atoms in total. The number of halogens is 1. The molecule has 3 aliphatic rings. The number of nitrogens with zero attached hydrogens (tertiary/aromatic N) is 2. The first-order chi connectivity index (χ1) is 11.9. The number of benzene rings is 1. The summed E-state index contributed by atoms with van der Waals surface area (Å²) in [5.74, 6) is 0.172. The molecule has 2 heterocycles. The van der Waals surface area contributed by atoms with E-state index in [-0.39, 0.29) is 12.0 Å². The molecule has 2 amide bonds. The predicted octanol–water partition coefficient (Wildman–Crippen LogP) is 3.20. The Morgan fingerprint density at radius 3 is 2.40 bits per heavy atom. The number of hydrogen-bond donors (Lipinski definition) is 0. The Morgan fingerprint density at radius 2 is 1.84 bits per heavy atom. The molecule has 6 heteroatoms. The minimum Gasteiger partial charge on any atom is -0.439 e. The molecular weight excluding hydrogens is 340 g/mol. The molecule has 1 saturated carbocycles. The lowest BCUT2D eigenvalue weighted by Crippen LogP contribution is -2.58. The van der Waals surface area contributed by atoms with Crippen LogP contribution in [0.5, 0.6) is 0 Å². The van der Waals surface area contributed by atoms with Crippen molar-refractivity contribution in [3.8, 4) is 0 Å². The van der Waals surface area contributed by atoms with Gasteiger partial charge in [-0.05, 0) is 43.4 Å². The maximum Gasteiger partial charge on any atom is 0.410 e. The van der Waals surface area contributed by atoms with Crippen LogP contribution in [0.3, 0.4) is 0 Å². The van der Waals surface area contributed by atoms with Crippen molar-refractivity contribution in [1.29, 1.82) is 0 Å². The second-order valence-electron chi connectivity index (χ2n) is 7.68. The van der Waals surface area contributed by atoms with Crippen LogP contribution in [-0.2, 0) is 14.9 Å². The van der Waals surface area contributed by atoms with Crippen LogP contribution in [-0.4, -0.2) is 54.1 Å². The second kappa shape index (κ2) is 5.90. The van der Waals surface area contributed by atoms with Crippen LogP contribution < -0.4 is 0 Å². The summed E-state index contributed by atoms with van der Waals surface area (Å²) < 4.78 is 5.64. The number of rotatable bonds is 2. The van der Waals surface area contributed by atoms with E-state index >= 15 is 0 Å². The Balaban J connectivity index is 1.57. The fourth-order valence-electron chi connectivity index (χ4n) is 4.50. The number of likely N-dealkylation sites (N-methyl/N-ethyl adjacent to an activating group) is 1. The van der Waals surface area contributed by atoms with Gasteiger partial charge in [-0.3, -0.25) is 4.79 Å². The smallest absolute Gasteiger partial charge is 0.410 e.